The van der Waals surface area contributed by atoms with Crippen molar-refractivity contribution in [3.8, 4) is 0 Å². The summed E-state index contributed by atoms with van der Waals surface area (Å²) in [6.07, 6.45) is 2.15. The van der Waals surface area contributed by atoms with Gasteiger partial charge in [-0.05, 0) is 36.8 Å². The summed E-state index contributed by atoms with van der Waals surface area (Å²) in [5.74, 6) is 0. The van der Waals surface area contributed by atoms with Crippen molar-refractivity contribution >= 4 is 17.3 Å². The SMILES string of the molecule is CCNC(=S)N1CCn2cccc2C1c1ccccc1. The summed E-state index contributed by atoms with van der Waals surface area (Å²) in [4.78, 5) is 2.30. The zero-order valence-electron chi connectivity index (χ0n) is 11.6. The molecule has 1 aliphatic heterocycles. The number of nitrogens with one attached hydrogen (secondary N) is 1. The fraction of sp³-hybridized carbons (Fsp3) is 0.312. The molecule has 2 aromatic rings. The molecule has 1 aromatic carbocycles. The number of thiocarbonyl (C=S) groups is 1. The van der Waals surface area contributed by atoms with Crippen molar-refractivity contribution < 1.29 is 0 Å². The van der Waals surface area contributed by atoms with Crippen LogP contribution in [0.3, 0.4) is 0 Å². The quantitative estimate of drug-likeness (QED) is 0.857. The van der Waals surface area contributed by atoms with Crippen molar-refractivity contribution in [2.45, 2.75) is 19.5 Å². The maximum absolute atomic E-state index is 5.56. The van der Waals surface area contributed by atoms with E-state index in [4.69, 9.17) is 12.2 Å². The number of rotatable bonds is 2. The molecule has 1 atom stereocenters. The maximum atomic E-state index is 5.56. The highest BCUT2D eigenvalue weighted by Crippen LogP contribution is 2.32. The largest absolute Gasteiger partial charge is 0.363 e. The summed E-state index contributed by atoms with van der Waals surface area (Å²) in [5, 5.41) is 4.13. The monoisotopic (exact) mass is 285 g/mol. The first-order valence-corrected chi connectivity index (χ1v) is 7.46. The first-order valence-electron chi connectivity index (χ1n) is 7.05. The predicted octanol–water partition coefficient (Wildman–Crippen LogP) is 2.79. The van der Waals surface area contributed by atoms with Crippen LogP contribution in [0.25, 0.3) is 0 Å². The minimum Gasteiger partial charge on any atom is -0.363 e. The zero-order valence-corrected chi connectivity index (χ0v) is 12.4. The van der Waals surface area contributed by atoms with E-state index in [1.54, 1.807) is 0 Å². The molecule has 1 aromatic heterocycles. The molecule has 0 saturated carbocycles. The highest BCUT2D eigenvalue weighted by molar-refractivity contribution is 7.80. The van der Waals surface area contributed by atoms with Crippen LogP contribution in [-0.2, 0) is 6.54 Å². The Morgan fingerprint density at radius 1 is 1.20 bits per heavy atom. The van der Waals surface area contributed by atoms with E-state index in [1.165, 1.54) is 11.3 Å². The van der Waals surface area contributed by atoms with E-state index in [9.17, 15) is 0 Å². The molecule has 0 radical (unpaired) electrons. The van der Waals surface area contributed by atoms with Crippen LogP contribution in [0.1, 0.15) is 24.2 Å². The Balaban J connectivity index is 2.01. The summed E-state index contributed by atoms with van der Waals surface area (Å²) in [6, 6.07) is 15.1. The van der Waals surface area contributed by atoms with E-state index >= 15 is 0 Å². The van der Waals surface area contributed by atoms with Crippen LogP contribution in [0.4, 0.5) is 0 Å². The van der Waals surface area contributed by atoms with Gasteiger partial charge in [-0.15, -0.1) is 0 Å². The van der Waals surface area contributed by atoms with Crippen LogP contribution in [-0.4, -0.2) is 27.7 Å². The highest BCUT2D eigenvalue weighted by atomic mass is 32.1. The summed E-state index contributed by atoms with van der Waals surface area (Å²) in [7, 11) is 0. The number of hydrogen-bond acceptors (Lipinski definition) is 1. The van der Waals surface area contributed by atoms with Crippen LogP contribution in [0, 0.1) is 0 Å². The summed E-state index contributed by atoms with van der Waals surface area (Å²) >= 11 is 5.56. The van der Waals surface area contributed by atoms with E-state index in [2.05, 4.69) is 70.4 Å². The molecule has 4 heteroatoms. The molecule has 104 valence electrons. The Bertz CT molecular complexity index is 591. The molecule has 0 fully saturated rings. The molecule has 20 heavy (non-hydrogen) atoms. The number of hydrogen-bond donors (Lipinski definition) is 1. The average molecular weight is 285 g/mol. The van der Waals surface area contributed by atoms with Crippen LogP contribution in [0.5, 0.6) is 0 Å². The van der Waals surface area contributed by atoms with Crippen LogP contribution in [0.2, 0.25) is 0 Å². The third kappa shape index (κ3) is 2.31. The van der Waals surface area contributed by atoms with Gasteiger partial charge in [0.2, 0.25) is 0 Å². The van der Waals surface area contributed by atoms with Gasteiger partial charge in [0, 0.05) is 31.5 Å². The Morgan fingerprint density at radius 3 is 2.75 bits per heavy atom. The molecular formula is C16H19N3S. The number of aromatic nitrogens is 1. The summed E-state index contributed by atoms with van der Waals surface area (Å²) < 4.78 is 2.32. The third-order valence-corrected chi connectivity index (χ3v) is 4.12. The maximum Gasteiger partial charge on any atom is 0.169 e. The number of benzene rings is 1. The van der Waals surface area contributed by atoms with Gasteiger partial charge in [0.25, 0.3) is 0 Å². The average Bonchev–Trinajstić information content (AvgIpc) is 2.95. The van der Waals surface area contributed by atoms with Crippen LogP contribution >= 0.6 is 12.2 Å². The van der Waals surface area contributed by atoms with E-state index in [1.807, 2.05) is 0 Å². The lowest BCUT2D eigenvalue weighted by molar-refractivity contribution is 0.286. The van der Waals surface area contributed by atoms with Crippen LogP contribution in [0.15, 0.2) is 48.7 Å². The number of nitrogens with zero attached hydrogens (tertiary/aromatic N) is 2. The molecule has 1 unspecified atom stereocenters. The van der Waals surface area contributed by atoms with Crippen molar-refractivity contribution in [2.75, 3.05) is 13.1 Å². The second kappa shape index (κ2) is 5.67. The molecule has 1 aliphatic rings. The van der Waals surface area contributed by atoms with Gasteiger partial charge in [-0.3, -0.25) is 0 Å². The molecule has 0 aliphatic carbocycles. The molecule has 3 nitrogen and oxygen atoms in total. The van der Waals surface area contributed by atoms with Gasteiger partial charge in [0.05, 0.1) is 6.04 Å². The first-order chi connectivity index (χ1) is 9.81. The van der Waals surface area contributed by atoms with Gasteiger partial charge in [0.15, 0.2) is 5.11 Å². The first kappa shape index (κ1) is 13.2. The topological polar surface area (TPSA) is 20.2 Å². The minimum absolute atomic E-state index is 0.200. The van der Waals surface area contributed by atoms with E-state index in [0.29, 0.717) is 0 Å². The molecule has 0 bridgehead atoms. The van der Waals surface area contributed by atoms with Gasteiger partial charge < -0.3 is 14.8 Å². The normalized spacial score (nSPS) is 17.6. The number of fused-ring (bicyclic) bond motifs is 1. The molecule has 2 heterocycles. The summed E-state index contributed by atoms with van der Waals surface area (Å²) in [5.41, 5.74) is 2.59. The van der Waals surface area contributed by atoms with E-state index in [0.717, 1.165) is 24.7 Å². The fourth-order valence-corrected chi connectivity index (χ4v) is 3.18. The Kier molecular flexibility index (Phi) is 3.74. The highest BCUT2D eigenvalue weighted by Gasteiger charge is 2.29. The molecule has 1 N–H and O–H groups in total. The lowest BCUT2D eigenvalue weighted by Crippen LogP contribution is -2.47. The van der Waals surface area contributed by atoms with Crippen molar-refractivity contribution in [3.05, 3.63) is 59.9 Å². The Morgan fingerprint density at radius 2 is 2.00 bits per heavy atom. The van der Waals surface area contributed by atoms with Crippen molar-refractivity contribution in [1.82, 2.24) is 14.8 Å². The van der Waals surface area contributed by atoms with E-state index < -0.39 is 0 Å². The fourth-order valence-electron chi connectivity index (χ4n) is 2.84. The molecule has 0 spiro atoms. The standard InChI is InChI=1S/C16H19N3S/c1-2-17-16(20)19-12-11-18-10-6-9-14(18)15(19)13-7-4-3-5-8-13/h3-10,15H,2,11-12H2,1H3,(H,17,20). The summed E-state index contributed by atoms with van der Waals surface area (Å²) in [6.45, 7) is 4.86. The minimum atomic E-state index is 0.200. The zero-order chi connectivity index (χ0) is 13.9. The molecule has 3 rings (SSSR count). The van der Waals surface area contributed by atoms with Crippen molar-refractivity contribution in [3.63, 3.8) is 0 Å². The van der Waals surface area contributed by atoms with Crippen molar-refractivity contribution in [1.29, 1.82) is 0 Å². The van der Waals surface area contributed by atoms with Gasteiger partial charge >= 0.3 is 0 Å². The Labute approximate surface area is 125 Å². The lowest BCUT2D eigenvalue weighted by Gasteiger charge is -2.39. The molecule has 0 saturated heterocycles. The lowest BCUT2D eigenvalue weighted by atomic mass is 10.0. The van der Waals surface area contributed by atoms with E-state index in [-0.39, 0.29) is 6.04 Å². The second-order valence-corrected chi connectivity index (χ2v) is 5.36. The van der Waals surface area contributed by atoms with Gasteiger partial charge in [-0.1, -0.05) is 30.3 Å². The van der Waals surface area contributed by atoms with Crippen LogP contribution < -0.4 is 5.32 Å². The molecular weight excluding hydrogens is 266 g/mol. The van der Waals surface area contributed by atoms with Gasteiger partial charge in [0.1, 0.15) is 0 Å². The third-order valence-electron chi connectivity index (χ3n) is 3.74. The second-order valence-electron chi connectivity index (χ2n) is 4.97. The molecule has 0 amide bonds. The predicted molar refractivity (Wildman–Crippen MR) is 85.7 cm³/mol. The van der Waals surface area contributed by atoms with Gasteiger partial charge in [-0.2, -0.15) is 0 Å². The van der Waals surface area contributed by atoms with Gasteiger partial charge in [-0.25, -0.2) is 0 Å². The smallest absolute Gasteiger partial charge is 0.169 e. The Hall–Kier alpha value is -1.81. The van der Waals surface area contributed by atoms with Crippen molar-refractivity contribution in [2.24, 2.45) is 0 Å².